The number of hydrogen-bond donors (Lipinski definition) is 1. The Kier molecular flexibility index (Phi) is 3.03. The molecule has 0 amide bonds. The highest BCUT2D eigenvalue weighted by Crippen LogP contribution is 2.26. The first kappa shape index (κ1) is 11.3. The molecule has 0 unspecified atom stereocenters. The first-order valence-corrected chi connectivity index (χ1v) is 6.34. The van der Waals surface area contributed by atoms with E-state index in [-0.39, 0.29) is 0 Å². The highest BCUT2D eigenvalue weighted by molar-refractivity contribution is 5.66. The van der Waals surface area contributed by atoms with E-state index in [1.54, 1.807) is 7.11 Å². The summed E-state index contributed by atoms with van der Waals surface area (Å²) in [6, 6.07) is 15.0. The molecular formula is C16H17NO. The molecule has 0 aliphatic carbocycles. The third-order valence-corrected chi connectivity index (χ3v) is 3.50. The Morgan fingerprint density at radius 1 is 1.00 bits per heavy atom. The first-order chi connectivity index (χ1) is 8.86. The predicted octanol–water partition coefficient (Wildman–Crippen LogP) is 3.01. The normalized spacial score (nSPS) is 14.1. The molecule has 0 atom stereocenters. The van der Waals surface area contributed by atoms with Gasteiger partial charge in [-0.1, -0.05) is 30.3 Å². The van der Waals surface area contributed by atoms with Crippen LogP contribution in [0.3, 0.4) is 0 Å². The zero-order valence-electron chi connectivity index (χ0n) is 10.6. The van der Waals surface area contributed by atoms with Gasteiger partial charge in [0, 0.05) is 6.54 Å². The average Bonchev–Trinajstić information content (AvgIpc) is 2.47. The molecule has 2 nitrogen and oxygen atoms in total. The fourth-order valence-electron chi connectivity index (χ4n) is 2.46. The molecule has 1 aliphatic heterocycles. The summed E-state index contributed by atoms with van der Waals surface area (Å²) in [6.45, 7) is 2.07. The number of hydrogen-bond acceptors (Lipinski definition) is 2. The quantitative estimate of drug-likeness (QED) is 0.869. The fraction of sp³-hybridized carbons (Fsp3) is 0.250. The van der Waals surface area contributed by atoms with Gasteiger partial charge in [0.2, 0.25) is 0 Å². The van der Waals surface area contributed by atoms with Crippen LogP contribution in [0.4, 0.5) is 0 Å². The molecule has 0 aromatic heterocycles. The Labute approximate surface area is 108 Å². The van der Waals surface area contributed by atoms with E-state index < -0.39 is 0 Å². The van der Waals surface area contributed by atoms with Gasteiger partial charge >= 0.3 is 0 Å². The minimum Gasteiger partial charge on any atom is -0.497 e. The Bertz CT molecular complexity index is 563. The van der Waals surface area contributed by atoms with Gasteiger partial charge in [0.1, 0.15) is 5.75 Å². The summed E-state index contributed by atoms with van der Waals surface area (Å²) in [5, 5.41) is 3.40. The molecule has 2 heteroatoms. The number of rotatable bonds is 2. The number of nitrogens with one attached hydrogen (secondary N) is 1. The zero-order valence-corrected chi connectivity index (χ0v) is 10.6. The van der Waals surface area contributed by atoms with E-state index in [1.165, 1.54) is 22.3 Å². The molecule has 3 rings (SSSR count). The largest absolute Gasteiger partial charge is 0.497 e. The van der Waals surface area contributed by atoms with Crippen molar-refractivity contribution in [1.29, 1.82) is 0 Å². The maximum absolute atomic E-state index is 5.28. The molecule has 0 bridgehead atoms. The SMILES string of the molecule is COc1cccc(-c2ccc3c(c2)CCNC3)c1. The van der Waals surface area contributed by atoms with Crippen LogP contribution < -0.4 is 10.1 Å². The summed E-state index contributed by atoms with van der Waals surface area (Å²) in [7, 11) is 1.71. The second-order valence-corrected chi connectivity index (χ2v) is 4.64. The lowest BCUT2D eigenvalue weighted by Crippen LogP contribution is -2.23. The molecular weight excluding hydrogens is 222 g/mol. The molecule has 1 aliphatic rings. The minimum atomic E-state index is 0.909. The Morgan fingerprint density at radius 3 is 2.78 bits per heavy atom. The van der Waals surface area contributed by atoms with Crippen LogP contribution in [-0.4, -0.2) is 13.7 Å². The van der Waals surface area contributed by atoms with Gasteiger partial charge in [0.25, 0.3) is 0 Å². The molecule has 92 valence electrons. The van der Waals surface area contributed by atoms with E-state index in [1.807, 2.05) is 12.1 Å². The lowest BCUT2D eigenvalue weighted by molar-refractivity contribution is 0.415. The third kappa shape index (κ3) is 2.12. The Balaban J connectivity index is 2.00. The van der Waals surface area contributed by atoms with E-state index in [0.717, 1.165) is 25.3 Å². The van der Waals surface area contributed by atoms with Crippen LogP contribution >= 0.6 is 0 Å². The van der Waals surface area contributed by atoms with E-state index in [2.05, 4.69) is 35.6 Å². The molecule has 0 saturated heterocycles. The van der Waals surface area contributed by atoms with Crippen LogP contribution in [-0.2, 0) is 13.0 Å². The van der Waals surface area contributed by atoms with Gasteiger partial charge in [-0.3, -0.25) is 0 Å². The van der Waals surface area contributed by atoms with Crippen molar-refractivity contribution in [3.05, 3.63) is 53.6 Å². The lowest BCUT2D eigenvalue weighted by Gasteiger charge is -2.18. The Morgan fingerprint density at radius 2 is 1.89 bits per heavy atom. The van der Waals surface area contributed by atoms with Gasteiger partial charge in [-0.25, -0.2) is 0 Å². The van der Waals surface area contributed by atoms with Crippen LogP contribution in [0.15, 0.2) is 42.5 Å². The molecule has 0 fully saturated rings. The van der Waals surface area contributed by atoms with E-state index in [0.29, 0.717) is 0 Å². The fourth-order valence-corrected chi connectivity index (χ4v) is 2.46. The summed E-state index contributed by atoms with van der Waals surface area (Å²) in [4.78, 5) is 0. The van der Waals surface area contributed by atoms with Crippen molar-refractivity contribution in [2.75, 3.05) is 13.7 Å². The maximum atomic E-state index is 5.28. The van der Waals surface area contributed by atoms with Gasteiger partial charge in [0.05, 0.1) is 7.11 Å². The van der Waals surface area contributed by atoms with Crippen molar-refractivity contribution in [3.8, 4) is 16.9 Å². The van der Waals surface area contributed by atoms with Gasteiger partial charge in [-0.2, -0.15) is 0 Å². The first-order valence-electron chi connectivity index (χ1n) is 6.34. The molecule has 18 heavy (non-hydrogen) atoms. The average molecular weight is 239 g/mol. The van der Waals surface area contributed by atoms with Crippen LogP contribution in [0.1, 0.15) is 11.1 Å². The Hall–Kier alpha value is -1.80. The van der Waals surface area contributed by atoms with Crippen molar-refractivity contribution >= 4 is 0 Å². The number of benzene rings is 2. The molecule has 1 N–H and O–H groups in total. The van der Waals surface area contributed by atoms with Crippen LogP contribution in [0.5, 0.6) is 5.75 Å². The van der Waals surface area contributed by atoms with E-state index >= 15 is 0 Å². The van der Waals surface area contributed by atoms with Crippen LogP contribution in [0, 0.1) is 0 Å². The molecule has 2 aromatic carbocycles. The van der Waals surface area contributed by atoms with E-state index in [4.69, 9.17) is 4.74 Å². The molecule has 2 aromatic rings. The lowest BCUT2D eigenvalue weighted by atomic mass is 9.95. The van der Waals surface area contributed by atoms with Crippen molar-refractivity contribution < 1.29 is 4.74 Å². The van der Waals surface area contributed by atoms with Crippen molar-refractivity contribution in [2.45, 2.75) is 13.0 Å². The van der Waals surface area contributed by atoms with Gasteiger partial charge in [-0.05, 0) is 47.4 Å². The summed E-state index contributed by atoms with van der Waals surface area (Å²) >= 11 is 0. The topological polar surface area (TPSA) is 21.3 Å². The second kappa shape index (κ2) is 4.83. The summed E-state index contributed by atoms with van der Waals surface area (Å²) < 4.78 is 5.28. The van der Waals surface area contributed by atoms with Gasteiger partial charge < -0.3 is 10.1 Å². The van der Waals surface area contributed by atoms with Crippen molar-refractivity contribution in [2.24, 2.45) is 0 Å². The molecule has 1 heterocycles. The number of ether oxygens (including phenoxy) is 1. The summed E-state index contributed by atoms with van der Waals surface area (Å²) in [5.41, 5.74) is 5.38. The van der Waals surface area contributed by atoms with Crippen molar-refractivity contribution in [1.82, 2.24) is 5.32 Å². The number of methoxy groups -OCH3 is 1. The highest BCUT2D eigenvalue weighted by atomic mass is 16.5. The standard InChI is InChI=1S/C16H17NO/c1-18-16-4-2-3-12(10-16)13-5-6-15-11-17-8-7-14(15)9-13/h2-6,9-10,17H,7-8,11H2,1H3. The maximum Gasteiger partial charge on any atom is 0.119 e. The molecule has 0 spiro atoms. The van der Waals surface area contributed by atoms with Crippen LogP contribution in [0.2, 0.25) is 0 Å². The zero-order chi connectivity index (χ0) is 12.4. The third-order valence-electron chi connectivity index (χ3n) is 3.50. The smallest absolute Gasteiger partial charge is 0.119 e. The highest BCUT2D eigenvalue weighted by Gasteiger charge is 2.09. The monoisotopic (exact) mass is 239 g/mol. The number of fused-ring (bicyclic) bond motifs is 1. The van der Waals surface area contributed by atoms with Gasteiger partial charge in [-0.15, -0.1) is 0 Å². The van der Waals surface area contributed by atoms with Gasteiger partial charge in [0.15, 0.2) is 0 Å². The van der Waals surface area contributed by atoms with Crippen molar-refractivity contribution in [3.63, 3.8) is 0 Å². The molecule has 0 saturated carbocycles. The predicted molar refractivity (Wildman–Crippen MR) is 73.8 cm³/mol. The summed E-state index contributed by atoms with van der Waals surface area (Å²) in [6.07, 6.45) is 1.12. The summed E-state index contributed by atoms with van der Waals surface area (Å²) in [5.74, 6) is 0.909. The minimum absolute atomic E-state index is 0.909. The molecule has 0 radical (unpaired) electrons. The van der Waals surface area contributed by atoms with E-state index in [9.17, 15) is 0 Å². The second-order valence-electron chi connectivity index (χ2n) is 4.64. The van der Waals surface area contributed by atoms with Crippen LogP contribution in [0.25, 0.3) is 11.1 Å².